The van der Waals surface area contributed by atoms with Crippen LogP contribution in [0.4, 0.5) is 0 Å². The van der Waals surface area contributed by atoms with Crippen LogP contribution in [0.1, 0.15) is 16.0 Å². The van der Waals surface area contributed by atoms with Crippen LogP contribution in [0.25, 0.3) is 0 Å². The van der Waals surface area contributed by atoms with Gasteiger partial charge < -0.3 is 10.2 Å². The third-order valence-electron chi connectivity index (χ3n) is 3.27. The molecule has 0 aliphatic rings. The molecule has 1 aromatic heterocycles. The Bertz CT molecular complexity index is 539. The highest BCUT2D eigenvalue weighted by Crippen LogP contribution is 2.14. The summed E-state index contributed by atoms with van der Waals surface area (Å²) in [5.41, 5.74) is 2.64. The lowest BCUT2D eigenvalue weighted by Crippen LogP contribution is -2.28. The average Bonchev–Trinajstić information content (AvgIpc) is 2.80. The SMILES string of the molecule is Cc1ccsc1CNCCN(C)Cc1cccc(Cl)c1. The summed E-state index contributed by atoms with van der Waals surface area (Å²) < 4.78 is 0. The van der Waals surface area contributed by atoms with Crippen molar-refractivity contribution in [2.45, 2.75) is 20.0 Å². The van der Waals surface area contributed by atoms with Gasteiger partial charge in [-0.1, -0.05) is 23.7 Å². The summed E-state index contributed by atoms with van der Waals surface area (Å²) in [5, 5.41) is 6.46. The van der Waals surface area contributed by atoms with E-state index >= 15 is 0 Å². The zero-order chi connectivity index (χ0) is 14.4. The van der Waals surface area contributed by atoms with Crippen molar-refractivity contribution < 1.29 is 0 Å². The highest BCUT2D eigenvalue weighted by atomic mass is 35.5. The highest BCUT2D eigenvalue weighted by molar-refractivity contribution is 7.10. The molecule has 2 nitrogen and oxygen atoms in total. The van der Waals surface area contributed by atoms with Crippen molar-refractivity contribution in [3.8, 4) is 0 Å². The molecule has 0 aliphatic heterocycles. The van der Waals surface area contributed by atoms with Gasteiger partial charge in [0.25, 0.3) is 0 Å². The topological polar surface area (TPSA) is 15.3 Å². The van der Waals surface area contributed by atoms with Crippen molar-refractivity contribution >= 4 is 22.9 Å². The maximum atomic E-state index is 6.00. The number of halogens is 1. The van der Waals surface area contributed by atoms with Gasteiger partial charge in [-0.05, 0) is 48.7 Å². The van der Waals surface area contributed by atoms with E-state index in [9.17, 15) is 0 Å². The van der Waals surface area contributed by atoms with E-state index < -0.39 is 0 Å². The molecular weight excluding hydrogens is 288 g/mol. The number of benzene rings is 1. The van der Waals surface area contributed by atoms with E-state index in [-0.39, 0.29) is 0 Å². The summed E-state index contributed by atoms with van der Waals surface area (Å²) in [6.07, 6.45) is 0. The number of likely N-dealkylation sites (N-methyl/N-ethyl adjacent to an activating group) is 1. The minimum absolute atomic E-state index is 0.808. The quantitative estimate of drug-likeness (QED) is 0.780. The van der Waals surface area contributed by atoms with Gasteiger partial charge in [-0.3, -0.25) is 0 Å². The first-order valence-corrected chi connectivity index (χ1v) is 8.07. The van der Waals surface area contributed by atoms with Gasteiger partial charge >= 0.3 is 0 Å². The molecule has 0 amide bonds. The Labute approximate surface area is 130 Å². The van der Waals surface area contributed by atoms with Gasteiger partial charge in [0.05, 0.1) is 0 Å². The fourth-order valence-corrected chi connectivity index (χ4v) is 3.17. The van der Waals surface area contributed by atoms with E-state index in [0.29, 0.717) is 0 Å². The number of rotatable bonds is 7. The van der Waals surface area contributed by atoms with Crippen LogP contribution in [0.3, 0.4) is 0 Å². The van der Waals surface area contributed by atoms with Crippen LogP contribution in [-0.4, -0.2) is 25.0 Å². The van der Waals surface area contributed by atoms with Crippen molar-refractivity contribution in [2.75, 3.05) is 20.1 Å². The summed E-state index contributed by atoms with van der Waals surface area (Å²) in [7, 11) is 2.14. The Morgan fingerprint density at radius 3 is 2.85 bits per heavy atom. The van der Waals surface area contributed by atoms with Crippen LogP contribution < -0.4 is 5.32 Å². The Kier molecular flexibility index (Phi) is 6.05. The number of aryl methyl sites for hydroxylation is 1. The van der Waals surface area contributed by atoms with Crippen LogP contribution in [0.15, 0.2) is 35.7 Å². The van der Waals surface area contributed by atoms with Crippen LogP contribution in [-0.2, 0) is 13.1 Å². The second-order valence-corrected chi connectivity index (χ2v) is 6.51. The van der Waals surface area contributed by atoms with Gasteiger partial charge in [-0.2, -0.15) is 0 Å². The van der Waals surface area contributed by atoms with E-state index in [1.807, 2.05) is 29.5 Å². The first-order valence-electron chi connectivity index (χ1n) is 6.82. The Hall–Kier alpha value is -0.870. The molecule has 0 spiro atoms. The van der Waals surface area contributed by atoms with Crippen molar-refractivity contribution in [2.24, 2.45) is 0 Å². The molecule has 1 heterocycles. The predicted octanol–water partition coefficient (Wildman–Crippen LogP) is 3.93. The predicted molar refractivity (Wildman–Crippen MR) is 88.5 cm³/mol. The summed E-state index contributed by atoms with van der Waals surface area (Å²) in [5.74, 6) is 0. The number of hydrogen-bond donors (Lipinski definition) is 1. The summed E-state index contributed by atoms with van der Waals surface area (Å²) in [6, 6.07) is 10.2. The van der Waals surface area contributed by atoms with Gasteiger partial charge in [0.1, 0.15) is 0 Å². The van der Waals surface area contributed by atoms with Gasteiger partial charge in [0.15, 0.2) is 0 Å². The lowest BCUT2D eigenvalue weighted by Gasteiger charge is -2.17. The van der Waals surface area contributed by atoms with E-state index in [1.54, 1.807) is 0 Å². The minimum atomic E-state index is 0.808. The van der Waals surface area contributed by atoms with Crippen LogP contribution >= 0.6 is 22.9 Å². The van der Waals surface area contributed by atoms with E-state index in [2.05, 4.69) is 41.7 Å². The molecule has 0 aliphatic carbocycles. The molecular formula is C16H21ClN2S. The second kappa shape index (κ2) is 7.79. The second-order valence-electron chi connectivity index (χ2n) is 5.07. The summed E-state index contributed by atoms with van der Waals surface area (Å²) in [6.45, 7) is 6.08. The molecule has 1 N–H and O–H groups in total. The lowest BCUT2D eigenvalue weighted by atomic mass is 10.2. The van der Waals surface area contributed by atoms with Crippen LogP contribution in [0, 0.1) is 6.92 Å². The largest absolute Gasteiger partial charge is 0.311 e. The molecule has 0 radical (unpaired) electrons. The Balaban J connectivity index is 1.68. The lowest BCUT2D eigenvalue weighted by molar-refractivity contribution is 0.324. The van der Waals surface area contributed by atoms with E-state index in [0.717, 1.165) is 31.2 Å². The maximum Gasteiger partial charge on any atom is 0.0409 e. The van der Waals surface area contributed by atoms with Gasteiger partial charge in [-0.15, -0.1) is 11.3 Å². The first kappa shape index (κ1) is 15.5. The molecule has 2 aromatic rings. The average molecular weight is 309 g/mol. The Morgan fingerprint density at radius 1 is 1.30 bits per heavy atom. The Morgan fingerprint density at radius 2 is 2.15 bits per heavy atom. The molecule has 20 heavy (non-hydrogen) atoms. The number of nitrogens with zero attached hydrogens (tertiary/aromatic N) is 1. The zero-order valence-corrected chi connectivity index (χ0v) is 13.6. The molecule has 0 bridgehead atoms. The van der Waals surface area contributed by atoms with Gasteiger partial charge in [0.2, 0.25) is 0 Å². The van der Waals surface area contributed by atoms with Gasteiger partial charge in [0, 0.05) is 36.1 Å². The normalized spacial score (nSPS) is 11.2. The van der Waals surface area contributed by atoms with Crippen molar-refractivity contribution in [3.63, 3.8) is 0 Å². The van der Waals surface area contributed by atoms with Crippen molar-refractivity contribution in [3.05, 3.63) is 56.7 Å². The van der Waals surface area contributed by atoms with E-state index in [1.165, 1.54) is 16.0 Å². The number of nitrogens with one attached hydrogen (secondary N) is 1. The van der Waals surface area contributed by atoms with Gasteiger partial charge in [-0.25, -0.2) is 0 Å². The van der Waals surface area contributed by atoms with E-state index in [4.69, 9.17) is 11.6 Å². The number of hydrogen-bond acceptors (Lipinski definition) is 3. The third kappa shape index (κ3) is 4.91. The smallest absolute Gasteiger partial charge is 0.0409 e. The minimum Gasteiger partial charge on any atom is -0.311 e. The molecule has 2 rings (SSSR count). The van der Waals surface area contributed by atoms with Crippen molar-refractivity contribution in [1.82, 2.24) is 10.2 Å². The zero-order valence-electron chi connectivity index (χ0n) is 12.0. The first-order chi connectivity index (χ1) is 9.65. The molecule has 1 aromatic carbocycles. The molecule has 0 saturated carbocycles. The fourth-order valence-electron chi connectivity index (χ4n) is 2.08. The van der Waals surface area contributed by atoms with Crippen LogP contribution in [0.5, 0.6) is 0 Å². The molecule has 108 valence electrons. The van der Waals surface area contributed by atoms with Crippen LogP contribution in [0.2, 0.25) is 5.02 Å². The monoisotopic (exact) mass is 308 g/mol. The standard InChI is InChI=1S/C16H21ClN2S/c1-13-6-9-20-16(13)11-18-7-8-19(2)12-14-4-3-5-15(17)10-14/h3-6,9-10,18H,7-8,11-12H2,1-2H3. The highest BCUT2D eigenvalue weighted by Gasteiger charge is 2.02. The third-order valence-corrected chi connectivity index (χ3v) is 4.52. The molecule has 0 saturated heterocycles. The summed E-state index contributed by atoms with van der Waals surface area (Å²) >= 11 is 7.82. The maximum absolute atomic E-state index is 6.00. The van der Waals surface area contributed by atoms with Crippen molar-refractivity contribution in [1.29, 1.82) is 0 Å². The number of thiophene rings is 1. The summed E-state index contributed by atoms with van der Waals surface area (Å²) in [4.78, 5) is 3.74. The molecule has 0 fully saturated rings. The fraction of sp³-hybridized carbons (Fsp3) is 0.375. The molecule has 0 unspecified atom stereocenters. The molecule has 4 heteroatoms. The molecule has 0 atom stereocenters.